The largest absolute Gasteiger partial charge is 0.508 e. The standard InChI is InChI=1S/C13H8IN3O/c14-12-7-11(18)5-6-13(12)17-16-10-3-1-9(8-15)2-4-10/h1-7,18H. The second kappa shape index (κ2) is 5.60. The van der Waals surface area contributed by atoms with E-state index < -0.39 is 0 Å². The zero-order chi connectivity index (χ0) is 13.0. The summed E-state index contributed by atoms with van der Waals surface area (Å²) in [7, 11) is 0. The van der Waals surface area contributed by atoms with Crippen LogP contribution in [0, 0.1) is 14.9 Å². The van der Waals surface area contributed by atoms with Crippen molar-refractivity contribution in [2.75, 3.05) is 0 Å². The molecule has 0 aliphatic heterocycles. The van der Waals surface area contributed by atoms with E-state index in [2.05, 4.69) is 32.8 Å². The Bertz CT molecular complexity index is 630. The molecule has 18 heavy (non-hydrogen) atoms. The Morgan fingerprint density at radius 3 is 2.39 bits per heavy atom. The zero-order valence-corrected chi connectivity index (χ0v) is 11.4. The second-order valence-corrected chi connectivity index (χ2v) is 4.66. The van der Waals surface area contributed by atoms with Crippen LogP contribution >= 0.6 is 22.6 Å². The summed E-state index contributed by atoms with van der Waals surface area (Å²) in [5, 5.41) is 26.1. The highest BCUT2D eigenvalue weighted by Gasteiger charge is 1.99. The maximum Gasteiger partial charge on any atom is 0.116 e. The highest BCUT2D eigenvalue weighted by Crippen LogP contribution is 2.27. The first-order valence-electron chi connectivity index (χ1n) is 5.09. The summed E-state index contributed by atoms with van der Waals surface area (Å²) in [5.41, 5.74) is 1.96. The van der Waals surface area contributed by atoms with Crippen molar-refractivity contribution in [3.63, 3.8) is 0 Å². The van der Waals surface area contributed by atoms with E-state index in [-0.39, 0.29) is 5.75 Å². The van der Waals surface area contributed by atoms with Gasteiger partial charge in [-0.2, -0.15) is 10.4 Å². The van der Waals surface area contributed by atoms with E-state index >= 15 is 0 Å². The number of phenolic OH excluding ortho intramolecular Hbond substituents is 1. The molecule has 0 amide bonds. The number of hydrogen-bond donors (Lipinski definition) is 1. The molecule has 2 aromatic carbocycles. The van der Waals surface area contributed by atoms with Gasteiger partial charge in [0.1, 0.15) is 5.75 Å². The fourth-order valence-electron chi connectivity index (χ4n) is 1.29. The number of benzene rings is 2. The van der Waals surface area contributed by atoms with Crippen LogP contribution in [0.1, 0.15) is 5.56 Å². The fourth-order valence-corrected chi connectivity index (χ4v) is 1.90. The number of hydrogen-bond acceptors (Lipinski definition) is 4. The molecule has 0 atom stereocenters. The molecule has 0 fully saturated rings. The summed E-state index contributed by atoms with van der Waals surface area (Å²) >= 11 is 2.08. The van der Waals surface area contributed by atoms with Gasteiger partial charge in [-0.25, -0.2) is 0 Å². The minimum atomic E-state index is 0.205. The molecule has 0 spiro atoms. The van der Waals surface area contributed by atoms with Crippen LogP contribution in [0.2, 0.25) is 0 Å². The summed E-state index contributed by atoms with van der Waals surface area (Å²) in [5.74, 6) is 0.205. The molecule has 0 aliphatic carbocycles. The Kier molecular flexibility index (Phi) is 3.89. The Morgan fingerprint density at radius 2 is 1.78 bits per heavy atom. The topological polar surface area (TPSA) is 68.7 Å². The van der Waals surface area contributed by atoms with Gasteiger partial charge in [-0.05, 0) is 65.1 Å². The first kappa shape index (κ1) is 12.5. The molecule has 0 bridgehead atoms. The quantitative estimate of drug-likeness (QED) is 0.649. The fraction of sp³-hybridized carbons (Fsp3) is 0. The number of rotatable bonds is 2. The third-order valence-electron chi connectivity index (χ3n) is 2.20. The molecule has 0 saturated carbocycles. The van der Waals surface area contributed by atoms with Crippen LogP contribution in [0.15, 0.2) is 52.7 Å². The van der Waals surface area contributed by atoms with Crippen LogP contribution in [0.3, 0.4) is 0 Å². The van der Waals surface area contributed by atoms with Gasteiger partial charge in [0.15, 0.2) is 0 Å². The molecule has 4 nitrogen and oxygen atoms in total. The molecule has 1 N–H and O–H groups in total. The number of phenols is 1. The Hall–Kier alpha value is -1.94. The minimum Gasteiger partial charge on any atom is -0.508 e. The van der Waals surface area contributed by atoms with Gasteiger partial charge in [-0.3, -0.25) is 0 Å². The lowest BCUT2D eigenvalue weighted by molar-refractivity contribution is 0.475. The van der Waals surface area contributed by atoms with Crippen LogP contribution in [-0.2, 0) is 0 Å². The number of halogens is 1. The van der Waals surface area contributed by atoms with E-state index in [9.17, 15) is 5.11 Å². The SMILES string of the molecule is N#Cc1ccc(N=Nc2ccc(O)cc2I)cc1. The molecule has 0 unspecified atom stereocenters. The highest BCUT2D eigenvalue weighted by atomic mass is 127. The van der Waals surface area contributed by atoms with Crippen molar-refractivity contribution in [1.29, 1.82) is 5.26 Å². The molecule has 0 heterocycles. The van der Waals surface area contributed by atoms with Gasteiger partial charge in [0.2, 0.25) is 0 Å². The predicted molar refractivity (Wildman–Crippen MR) is 76.2 cm³/mol. The number of nitrogens with zero attached hydrogens (tertiary/aromatic N) is 3. The zero-order valence-electron chi connectivity index (χ0n) is 9.21. The second-order valence-electron chi connectivity index (χ2n) is 3.49. The van der Waals surface area contributed by atoms with E-state index in [1.54, 1.807) is 42.5 Å². The van der Waals surface area contributed by atoms with Gasteiger partial charge in [0.05, 0.1) is 23.0 Å². The van der Waals surface area contributed by atoms with Gasteiger partial charge >= 0.3 is 0 Å². The van der Waals surface area contributed by atoms with Crippen LogP contribution in [0.4, 0.5) is 11.4 Å². The molecule has 2 aromatic rings. The summed E-state index contributed by atoms with van der Waals surface area (Å²) in [6.45, 7) is 0. The lowest BCUT2D eigenvalue weighted by Gasteiger charge is -1.98. The summed E-state index contributed by atoms with van der Waals surface area (Å²) in [6, 6.07) is 13.8. The molecular weight excluding hydrogens is 341 g/mol. The number of azo groups is 1. The van der Waals surface area contributed by atoms with Gasteiger partial charge in [-0.15, -0.1) is 5.11 Å². The van der Waals surface area contributed by atoms with E-state index in [0.717, 1.165) is 3.57 Å². The summed E-state index contributed by atoms with van der Waals surface area (Å²) in [4.78, 5) is 0. The highest BCUT2D eigenvalue weighted by molar-refractivity contribution is 14.1. The molecule has 2 rings (SSSR count). The molecular formula is C13H8IN3O. The van der Waals surface area contributed by atoms with Crippen molar-refractivity contribution in [2.45, 2.75) is 0 Å². The third-order valence-corrected chi connectivity index (χ3v) is 3.06. The minimum absolute atomic E-state index is 0.205. The average Bonchev–Trinajstić information content (AvgIpc) is 2.38. The summed E-state index contributed by atoms with van der Waals surface area (Å²) < 4.78 is 0.824. The molecule has 0 aromatic heterocycles. The molecule has 0 aliphatic rings. The number of aromatic hydroxyl groups is 1. The van der Waals surface area contributed by atoms with Crippen LogP contribution in [-0.4, -0.2) is 5.11 Å². The first-order chi connectivity index (χ1) is 8.69. The Morgan fingerprint density at radius 1 is 1.06 bits per heavy atom. The maximum absolute atomic E-state index is 9.27. The molecule has 5 heteroatoms. The van der Waals surface area contributed by atoms with E-state index in [1.165, 1.54) is 0 Å². The monoisotopic (exact) mass is 349 g/mol. The van der Waals surface area contributed by atoms with E-state index in [0.29, 0.717) is 16.9 Å². The normalized spacial score (nSPS) is 10.4. The molecule has 0 saturated heterocycles. The van der Waals surface area contributed by atoms with E-state index in [4.69, 9.17) is 5.26 Å². The van der Waals surface area contributed by atoms with Crippen molar-refractivity contribution < 1.29 is 5.11 Å². The maximum atomic E-state index is 9.27. The number of nitriles is 1. The van der Waals surface area contributed by atoms with Gasteiger partial charge < -0.3 is 5.11 Å². The van der Waals surface area contributed by atoms with Crippen molar-refractivity contribution in [3.8, 4) is 11.8 Å². The van der Waals surface area contributed by atoms with Crippen molar-refractivity contribution in [2.24, 2.45) is 10.2 Å². The Balaban J connectivity index is 2.22. The van der Waals surface area contributed by atoms with Crippen molar-refractivity contribution in [3.05, 3.63) is 51.6 Å². The van der Waals surface area contributed by atoms with Gasteiger partial charge in [-0.1, -0.05) is 0 Å². The van der Waals surface area contributed by atoms with Crippen molar-refractivity contribution >= 4 is 34.0 Å². The van der Waals surface area contributed by atoms with Gasteiger partial charge in [0.25, 0.3) is 0 Å². The first-order valence-corrected chi connectivity index (χ1v) is 6.17. The lowest BCUT2D eigenvalue weighted by atomic mass is 10.2. The van der Waals surface area contributed by atoms with Crippen LogP contribution in [0.5, 0.6) is 5.75 Å². The summed E-state index contributed by atoms with van der Waals surface area (Å²) in [6.07, 6.45) is 0. The van der Waals surface area contributed by atoms with Gasteiger partial charge in [0, 0.05) is 3.57 Å². The van der Waals surface area contributed by atoms with Crippen LogP contribution in [0.25, 0.3) is 0 Å². The Labute approximate surface area is 118 Å². The third kappa shape index (κ3) is 3.05. The molecule has 88 valence electrons. The average molecular weight is 349 g/mol. The smallest absolute Gasteiger partial charge is 0.116 e. The predicted octanol–water partition coefficient (Wildman–Crippen LogP) is 4.28. The lowest BCUT2D eigenvalue weighted by Crippen LogP contribution is -1.73. The molecule has 0 radical (unpaired) electrons. The van der Waals surface area contributed by atoms with Crippen molar-refractivity contribution in [1.82, 2.24) is 0 Å². The van der Waals surface area contributed by atoms with Crippen LogP contribution < -0.4 is 0 Å². The van der Waals surface area contributed by atoms with E-state index in [1.807, 2.05) is 6.07 Å².